The van der Waals surface area contributed by atoms with E-state index in [1.165, 1.54) is 56.6 Å². The van der Waals surface area contributed by atoms with Gasteiger partial charge in [-0.3, -0.25) is 14.4 Å². The Balaban J connectivity index is 0.917. The summed E-state index contributed by atoms with van der Waals surface area (Å²) in [6, 6.07) is 16.4. The highest BCUT2D eigenvalue weighted by molar-refractivity contribution is 5.89. The van der Waals surface area contributed by atoms with E-state index in [2.05, 4.69) is 63.1 Å². The Hall–Kier alpha value is -6.59. The highest BCUT2D eigenvalue weighted by Gasteiger charge is 2.53. The van der Waals surface area contributed by atoms with Gasteiger partial charge < -0.3 is 49.3 Å². The number of methoxy groups -OCH3 is 2. The Morgan fingerprint density at radius 1 is 0.732 bits per heavy atom. The molecule has 2 spiro atoms. The SMILES string of the molecule is COC(=O)N[C@H](C(=O)N1CC2(C[C@H]1c1ncc(-c3ccc(-c4ccc(-c5ccc6nc([C@@H]7CCCN7C(=O)[C@@H](NC(=O)OC)C(C)C)[nH]c(=O)c6c5)c5c4CC4(CCCC4)C5)cc3)[nH]1)OCCO2)C(C)C. The molecule has 1 saturated carbocycles. The number of aromatic amines is 2. The summed E-state index contributed by atoms with van der Waals surface area (Å²) >= 11 is 0. The smallest absolute Gasteiger partial charge is 0.407 e. The lowest BCUT2D eigenvalue weighted by Crippen LogP contribution is -2.52. The van der Waals surface area contributed by atoms with Crippen molar-refractivity contribution in [3.05, 3.63) is 93.9 Å². The van der Waals surface area contributed by atoms with Crippen LogP contribution in [-0.2, 0) is 41.4 Å². The van der Waals surface area contributed by atoms with Crippen LogP contribution in [0, 0.1) is 17.3 Å². The molecule has 5 aliphatic rings. The quantitative estimate of drug-likeness (QED) is 0.101. The fraction of sp³-hybridized carbons (Fsp3) is 0.500. The molecule has 0 bridgehead atoms. The summed E-state index contributed by atoms with van der Waals surface area (Å²) in [6.45, 7) is 9.07. The van der Waals surface area contributed by atoms with Crippen LogP contribution in [-0.4, -0.2) is 112 Å². The molecular formula is C54H64N8O9. The number of likely N-dealkylation sites (tertiary alicyclic amines) is 2. The summed E-state index contributed by atoms with van der Waals surface area (Å²) in [7, 11) is 2.55. The van der Waals surface area contributed by atoms with Crippen molar-refractivity contribution >= 4 is 34.9 Å². The van der Waals surface area contributed by atoms with Crippen molar-refractivity contribution in [2.45, 2.75) is 115 Å². The minimum Gasteiger partial charge on any atom is -0.453 e. The summed E-state index contributed by atoms with van der Waals surface area (Å²) in [5.41, 5.74) is 9.36. The molecule has 4 atom stereocenters. The van der Waals surface area contributed by atoms with Gasteiger partial charge in [0.25, 0.3) is 5.56 Å². The zero-order chi connectivity index (χ0) is 49.8. The number of nitrogens with one attached hydrogen (secondary N) is 4. The Labute approximate surface area is 412 Å². The fourth-order valence-corrected chi connectivity index (χ4v) is 12.0. The number of fused-ring (bicyclic) bond motifs is 2. The summed E-state index contributed by atoms with van der Waals surface area (Å²) < 4.78 is 21.8. The maximum absolute atomic E-state index is 14.1. The molecule has 3 aliphatic heterocycles. The number of rotatable bonds is 11. The van der Waals surface area contributed by atoms with Gasteiger partial charge in [-0.25, -0.2) is 19.6 Å². The third-order valence-electron chi connectivity index (χ3n) is 15.7. The molecule has 4 N–H and O–H groups in total. The molecule has 2 aliphatic carbocycles. The zero-order valence-corrected chi connectivity index (χ0v) is 41.4. The molecule has 10 rings (SSSR count). The number of amides is 4. The molecule has 4 amide bonds. The number of hydrogen-bond acceptors (Lipinski definition) is 11. The molecule has 0 radical (unpaired) electrons. The second-order valence-electron chi connectivity index (χ2n) is 20.8. The molecule has 17 nitrogen and oxygen atoms in total. The molecule has 3 saturated heterocycles. The first-order valence-electron chi connectivity index (χ1n) is 25.1. The minimum atomic E-state index is -0.949. The van der Waals surface area contributed by atoms with Crippen LogP contribution in [0.3, 0.4) is 0 Å². The van der Waals surface area contributed by atoms with Crippen molar-refractivity contribution in [2.75, 3.05) is 40.5 Å². The van der Waals surface area contributed by atoms with E-state index in [1.807, 2.05) is 39.8 Å². The van der Waals surface area contributed by atoms with Gasteiger partial charge in [-0.1, -0.05) is 83.0 Å². The van der Waals surface area contributed by atoms with Gasteiger partial charge in [0.05, 0.1) is 68.9 Å². The lowest BCUT2D eigenvalue weighted by Gasteiger charge is -2.30. The van der Waals surface area contributed by atoms with Gasteiger partial charge in [0.2, 0.25) is 11.8 Å². The molecule has 5 heterocycles. The van der Waals surface area contributed by atoms with Crippen LogP contribution in [0.5, 0.6) is 0 Å². The first kappa shape index (κ1) is 48.1. The largest absolute Gasteiger partial charge is 0.453 e. The lowest BCUT2D eigenvalue weighted by atomic mass is 9.82. The van der Waals surface area contributed by atoms with Crippen LogP contribution in [0.25, 0.3) is 44.4 Å². The van der Waals surface area contributed by atoms with E-state index in [4.69, 9.17) is 28.9 Å². The van der Waals surface area contributed by atoms with Gasteiger partial charge in [0.15, 0.2) is 5.79 Å². The van der Waals surface area contributed by atoms with E-state index in [0.29, 0.717) is 55.2 Å². The summed E-state index contributed by atoms with van der Waals surface area (Å²) in [6.07, 6.45) is 9.03. The van der Waals surface area contributed by atoms with Gasteiger partial charge in [0, 0.05) is 13.0 Å². The van der Waals surface area contributed by atoms with Crippen LogP contribution in [0.1, 0.15) is 108 Å². The second kappa shape index (κ2) is 19.2. The van der Waals surface area contributed by atoms with Gasteiger partial charge in [0.1, 0.15) is 23.7 Å². The molecule has 0 unspecified atom stereocenters. The van der Waals surface area contributed by atoms with E-state index in [-0.39, 0.29) is 41.2 Å². The maximum atomic E-state index is 14.1. The van der Waals surface area contributed by atoms with Crippen LogP contribution in [0.4, 0.5) is 9.59 Å². The fourth-order valence-electron chi connectivity index (χ4n) is 12.0. The van der Waals surface area contributed by atoms with Crippen molar-refractivity contribution in [3.8, 4) is 33.5 Å². The number of carbonyl (C=O) groups excluding carboxylic acids is 4. The van der Waals surface area contributed by atoms with E-state index < -0.39 is 42.1 Å². The topological polar surface area (TPSA) is 210 Å². The molecule has 2 aromatic heterocycles. The summed E-state index contributed by atoms with van der Waals surface area (Å²) in [4.78, 5) is 86.0. The third kappa shape index (κ3) is 9.07. The Morgan fingerprint density at radius 3 is 1.94 bits per heavy atom. The standard InChI is InChI=1S/C54H64N8O9/c1-30(2)44(58-51(66)68-5)49(64)61-21-9-10-42(61)47-56-40-18-15-34(24-37(40)48(63)60-47)36-17-16-35(38-25-53(26-39(36)38)19-7-8-20-53)32-11-13-33(14-12-32)41-28-55-46(57-41)43-27-54(70-22-23-71-54)29-62(43)50(65)45(31(3)4)59-52(67)69-6/h11-18,24,28,30-31,42-45H,7-10,19-23,25-27,29H2,1-6H3,(H,55,57)(H,58,66)(H,59,67)(H,56,60,63)/t42-,43-,44-,45-/m0/s1. The summed E-state index contributed by atoms with van der Waals surface area (Å²) in [5, 5.41) is 5.89. The molecule has 17 heteroatoms. The first-order valence-corrected chi connectivity index (χ1v) is 25.1. The van der Waals surface area contributed by atoms with Crippen LogP contribution in [0.2, 0.25) is 0 Å². The number of imidazole rings is 1. The van der Waals surface area contributed by atoms with Crippen molar-refractivity contribution in [1.29, 1.82) is 0 Å². The van der Waals surface area contributed by atoms with Crippen molar-refractivity contribution in [2.24, 2.45) is 17.3 Å². The molecular weight excluding hydrogens is 905 g/mol. The number of aromatic nitrogens is 4. The normalized spacial score (nSPS) is 20.8. The van der Waals surface area contributed by atoms with E-state index in [0.717, 1.165) is 47.2 Å². The molecule has 4 fully saturated rings. The Kier molecular flexibility index (Phi) is 13.0. The number of alkyl carbamates (subject to hydrolysis) is 2. The highest BCUT2D eigenvalue weighted by atomic mass is 16.7. The Bertz CT molecular complexity index is 2920. The van der Waals surface area contributed by atoms with Gasteiger partial charge in [-0.15, -0.1) is 0 Å². The second-order valence-corrected chi connectivity index (χ2v) is 20.8. The molecule has 71 heavy (non-hydrogen) atoms. The molecule has 3 aromatic carbocycles. The van der Waals surface area contributed by atoms with Gasteiger partial charge >= 0.3 is 12.2 Å². The predicted octanol–water partition coefficient (Wildman–Crippen LogP) is 7.75. The number of H-pyrrole nitrogens is 2. The number of carbonyl (C=O) groups is 4. The van der Waals surface area contributed by atoms with Crippen molar-refractivity contribution < 1.29 is 38.1 Å². The number of ether oxygens (including phenoxy) is 4. The molecule has 5 aromatic rings. The maximum Gasteiger partial charge on any atom is 0.407 e. The van der Waals surface area contributed by atoms with E-state index in [1.54, 1.807) is 16.0 Å². The monoisotopic (exact) mass is 968 g/mol. The molecule has 374 valence electrons. The van der Waals surface area contributed by atoms with Gasteiger partial charge in [-0.2, -0.15) is 0 Å². The van der Waals surface area contributed by atoms with Crippen molar-refractivity contribution in [1.82, 2.24) is 40.4 Å². The number of nitrogens with zero attached hydrogens (tertiary/aromatic N) is 4. The predicted molar refractivity (Wildman–Crippen MR) is 265 cm³/mol. The number of benzene rings is 3. The average Bonchev–Trinajstić information content (AvgIpc) is 4.25. The van der Waals surface area contributed by atoms with Gasteiger partial charge in [-0.05, 0) is 107 Å². The minimum absolute atomic E-state index is 0.177. The summed E-state index contributed by atoms with van der Waals surface area (Å²) in [5.74, 6) is -0.774. The number of hydrogen-bond donors (Lipinski definition) is 4. The van der Waals surface area contributed by atoms with E-state index >= 15 is 0 Å². The van der Waals surface area contributed by atoms with Crippen LogP contribution >= 0.6 is 0 Å². The van der Waals surface area contributed by atoms with Crippen LogP contribution in [0.15, 0.2) is 65.6 Å². The third-order valence-corrected chi connectivity index (χ3v) is 15.7. The first-order chi connectivity index (χ1) is 34.2. The Morgan fingerprint density at radius 2 is 1.32 bits per heavy atom. The van der Waals surface area contributed by atoms with Crippen molar-refractivity contribution in [3.63, 3.8) is 0 Å². The van der Waals surface area contributed by atoms with Crippen LogP contribution < -0.4 is 16.2 Å². The highest BCUT2D eigenvalue weighted by Crippen LogP contribution is 2.53. The average molecular weight is 969 g/mol. The van der Waals surface area contributed by atoms with E-state index in [9.17, 15) is 24.0 Å². The lowest BCUT2D eigenvalue weighted by molar-refractivity contribution is -0.153. The zero-order valence-electron chi connectivity index (χ0n) is 41.4.